The number of pyridine rings is 2. The summed E-state index contributed by atoms with van der Waals surface area (Å²) in [7, 11) is 2.36. The van der Waals surface area contributed by atoms with Crippen LogP contribution in [-0.4, -0.2) is 76.5 Å². The second kappa shape index (κ2) is 12.2. The highest BCUT2D eigenvalue weighted by molar-refractivity contribution is 7.87. The number of aryl methyl sites for hydroxylation is 1. The topological polar surface area (TPSA) is 98.8 Å². The number of hydrogen-bond donors (Lipinski definition) is 1. The minimum absolute atomic E-state index is 0.0179. The molecule has 5 rings (SSSR count). The van der Waals surface area contributed by atoms with E-state index in [0.29, 0.717) is 29.1 Å². The third kappa shape index (κ3) is 6.40. The van der Waals surface area contributed by atoms with Crippen molar-refractivity contribution in [3.05, 3.63) is 69.3 Å². The predicted molar refractivity (Wildman–Crippen MR) is 174 cm³/mol. The van der Waals surface area contributed by atoms with E-state index in [2.05, 4.69) is 40.9 Å². The van der Waals surface area contributed by atoms with Crippen molar-refractivity contribution in [2.45, 2.75) is 58.1 Å². The lowest BCUT2D eigenvalue weighted by Crippen LogP contribution is -2.44. The summed E-state index contributed by atoms with van der Waals surface area (Å²) in [5.41, 5.74) is 5.03. The first-order valence-corrected chi connectivity index (χ1v) is 16.1. The number of Topliss-reactive ketones (excluding diaryl/α,β-unsaturated/α-hetero) is 1. The van der Waals surface area contributed by atoms with Crippen LogP contribution in [0.5, 0.6) is 5.75 Å². The summed E-state index contributed by atoms with van der Waals surface area (Å²) in [6, 6.07) is 9.87. The van der Waals surface area contributed by atoms with Crippen LogP contribution in [0, 0.1) is 6.92 Å². The fourth-order valence-corrected chi connectivity index (χ4v) is 7.29. The Morgan fingerprint density at radius 2 is 1.84 bits per heavy atom. The Hall–Kier alpha value is -3.50. The summed E-state index contributed by atoms with van der Waals surface area (Å²) in [5, 5.41) is 0. The molecule has 4 heterocycles. The van der Waals surface area contributed by atoms with E-state index in [1.807, 2.05) is 43.4 Å². The molecule has 1 fully saturated rings. The number of nitrogens with one attached hydrogen (secondary N) is 1. The van der Waals surface area contributed by atoms with Crippen molar-refractivity contribution in [2.75, 3.05) is 56.1 Å². The number of aromatic amines is 1. The van der Waals surface area contributed by atoms with Crippen LogP contribution in [0.15, 0.2) is 41.3 Å². The molecular formula is C33H43N5O4S. The number of ketones is 1. The van der Waals surface area contributed by atoms with E-state index in [-0.39, 0.29) is 30.1 Å². The number of methoxy groups -OCH3 is 1. The Kier molecular flexibility index (Phi) is 8.81. The number of nitrogens with zero attached hydrogens (tertiary/aromatic N) is 4. The molecule has 2 atom stereocenters. The molecule has 0 bridgehead atoms. The number of aromatic nitrogens is 2. The maximum atomic E-state index is 14.0. The van der Waals surface area contributed by atoms with Gasteiger partial charge in [0.2, 0.25) is 0 Å². The Morgan fingerprint density at radius 1 is 1.12 bits per heavy atom. The number of carbonyl (C=O) groups is 1. The van der Waals surface area contributed by atoms with Gasteiger partial charge >= 0.3 is 0 Å². The zero-order valence-corrected chi connectivity index (χ0v) is 27.1. The van der Waals surface area contributed by atoms with Crippen LogP contribution < -0.4 is 19.5 Å². The molecule has 0 spiro atoms. The van der Waals surface area contributed by atoms with E-state index in [1.165, 1.54) is 7.11 Å². The first kappa shape index (κ1) is 30.9. The van der Waals surface area contributed by atoms with Crippen LogP contribution in [0.1, 0.15) is 67.2 Å². The normalized spacial score (nSPS) is 18.1. The van der Waals surface area contributed by atoms with Gasteiger partial charge in [0.05, 0.1) is 23.1 Å². The summed E-state index contributed by atoms with van der Waals surface area (Å²) in [6.07, 6.45) is 2.27. The molecule has 1 saturated heterocycles. The molecule has 10 heteroatoms. The lowest BCUT2D eigenvalue weighted by atomic mass is 9.89. The molecule has 2 aliphatic heterocycles. The van der Waals surface area contributed by atoms with E-state index in [0.717, 1.165) is 54.4 Å². The molecule has 1 aromatic carbocycles. The van der Waals surface area contributed by atoms with Crippen LogP contribution in [-0.2, 0) is 17.4 Å². The zero-order valence-electron chi connectivity index (χ0n) is 26.3. The Bertz CT molecular complexity index is 1590. The van der Waals surface area contributed by atoms with Crippen molar-refractivity contribution >= 4 is 28.3 Å². The fraction of sp³-hybridized carbons (Fsp3) is 0.485. The van der Waals surface area contributed by atoms with Gasteiger partial charge in [-0.3, -0.25) is 13.9 Å². The van der Waals surface area contributed by atoms with Crippen molar-refractivity contribution in [3.8, 4) is 16.9 Å². The van der Waals surface area contributed by atoms with Crippen molar-refractivity contribution in [1.82, 2.24) is 14.9 Å². The summed E-state index contributed by atoms with van der Waals surface area (Å²) >= 11 is 0. The highest BCUT2D eigenvalue weighted by Gasteiger charge is 2.37. The van der Waals surface area contributed by atoms with Crippen LogP contribution in [0.4, 0.5) is 11.5 Å². The van der Waals surface area contributed by atoms with Crippen molar-refractivity contribution in [3.63, 3.8) is 0 Å². The van der Waals surface area contributed by atoms with Gasteiger partial charge in [-0.15, -0.1) is 0 Å². The smallest absolute Gasteiger partial charge is 0.255 e. The molecule has 2 aromatic heterocycles. The second-order valence-electron chi connectivity index (χ2n) is 12.7. The van der Waals surface area contributed by atoms with E-state index in [1.54, 1.807) is 13.0 Å². The molecule has 1 unspecified atom stereocenters. The predicted octanol–water partition coefficient (Wildman–Crippen LogP) is 4.71. The second-order valence-corrected chi connectivity index (χ2v) is 14.9. The van der Waals surface area contributed by atoms with Gasteiger partial charge in [0, 0.05) is 68.1 Å². The first-order chi connectivity index (χ1) is 20.4. The Labute approximate surface area is 256 Å². The molecule has 1 N–H and O–H groups in total. The summed E-state index contributed by atoms with van der Waals surface area (Å²) in [4.78, 5) is 38.9. The minimum Gasteiger partial charge on any atom is -0.496 e. The highest BCUT2D eigenvalue weighted by Crippen LogP contribution is 2.44. The summed E-state index contributed by atoms with van der Waals surface area (Å²) < 4.78 is 20.6. The molecule has 0 aliphatic carbocycles. The average molecular weight is 606 g/mol. The molecule has 0 amide bonds. The molecule has 0 saturated carbocycles. The van der Waals surface area contributed by atoms with Crippen molar-refractivity contribution in [2.24, 2.45) is 0 Å². The summed E-state index contributed by atoms with van der Waals surface area (Å²) in [5.74, 6) is 1.39. The lowest BCUT2D eigenvalue weighted by Gasteiger charge is -2.33. The van der Waals surface area contributed by atoms with Gasteiger partial charge in [0.15, 0.2) is 5.78 Å². The van der Waals surface area contributed by atoms with Crippen LogP contribution in [0.3, 0.4) is 0 Å². The van der Waals surface area contributed by atoms with Crippen molar-refractivity contribution in [1.29, 1.82) is 0 Å². The maximum Gasteiger partial charge on any atom is 0.255 e. The van der Waals surface area contributed by atoms with E-state index >= 15 is 0 Å². The number of fused-ring (bicyclic) bond motifs is 1. The Morgan fingerprint density at radius 3 is 2.47 bits per heavy atom. The fourth-order valence-electron chi connectivity index (χ4n) is 5.94. The molecule has 3 aromatic rings. The van der Waals surface area contributed by atoms with E-state index in [4.69, 9.17) is 9.72 Å². The SMILES string of the molecule is COc1cc(C)[nH]c(=O)c1CCC(=O)c1cc(-c2ccc(N3CCN(C)CC3)nc2)cc2c1[C@@H](C)CN2S(=O)C(C)(C)C. The number of likely N-dealkylation sites (N-methyl/N-ethyl adjacent to an activating group) is 1. The molecule has 2 aliphatic rings. The van der Waals surface area contributed by atoms with Gasteiger partial charge < -0.3 is 19.5 Å². The number of carbonyl (C=O) groups excluding carboxylic acids is 1. The van der Waals surface area contributed by atoms with Gasteiger partial charge in [0.1, 0.15) is 22.6 Å². The average Bonchev–Trinajstić information content (AvgIpc) is 3.31. The van der Waals surface area contributed by atoms with E-state index < -0.39 is 15.7 Å². The third-order valence-corrected chi connectivity index (χ3v) is 10.1. The van der Waals surface area contributed by atoms with Gasteiger partial charge in [0.25, 0.3) is 5.56 Å². The lowest BCUT2D eigenvalue weighted by molar-refractivity contribution is 0.0981. The number of ether oxygens (including phenoxy) is 1. The van der Waals surface area contributed by atoms with Crippen LogP contribution in [0.2, 0.25) is 0 Å². The number of benzene rings is 1. The Balaban J connectivity index is 1.52. The number of anilines is 2. The monoisotopic (exact) mass is 605 g/mol. The van der Waals surface area contributed by atoms with Gasteiger partial charge in [-0.05, 0) is 82.6 Å². The molecule has 43 heavy (non-hydrogen) atoms. The molecule has 0 radical (unpaired) electrons. The molecule has 9 nitrogen and oxygen atoms in total. The number of rotatable bonds is 8. The zero-order chi connectivity index (χ0) is 31.1. The first-order valence-electron chi connectivity index (χ1n) is 14.9. The van der Waals surface area contributed by atoms with Gasteiger partial charge in [-0.25, -0.2) is 9.19 Å². The van der Waals surface area contributed by atoms with Gasteiger partial charge in [-0.2, -0.15) is 0 Å². The molecular weight excluding hydrogens is 562 g/mol. The van der Waals surface area contributed by atoms with E-state index in [9.17, 15) is 13.8 Å². The standard InChI is InChI=1S/C33H43N5O4S/c1-21-20-38(43(41)33(3,4)5)27-18-24(23-8-11-30(34-19-23)37-14-12-36(6)13-15-37)17-26(31(21)27)28(39)10-9-25-29(42-7)16-22(2)35-32(25)40/h8,11,16-19,21H,9-10,12-15,20H2,1-7H3,(H,35,40)/t21-,43?/m0/s1. The van der Waals surface area contributed by atoms with Crippen LogP contribution >= 0.6 is 0 Å². The van der Waals surface area contributed by atoms with Crippen molar-refractivity contribution < 1.29 is 13.7 Å². The number of piperazine rings is 1. The number of hydrogen-bond acceptors (Lipinski definition) is 7. The summed E-state index contributed by atoms with van der Waals surface area (Å²) in [6.45, 7) is 14.2. The number of H-pyrrole nitrogens is 1. The van der Waals surface area contributed by atoms with Crippen LogP contribution in [0.25, 0.3) is 11.1 Å². The third-order valence-electron chi connectivity index (χ3n) is 8.34. The molecule has 230 valence electrons. The maximum absolute atomic E-state index is 14.0. The quantitative estimate of drug-likeness (QED) is 0.372. The minimum atomic E-state index is -1.30. The van der Waals surface area contributed by atoms with Gasteiger partial charge in [-0.1, -0.05) is 6.92 Å². The highest BCUT2D eigenvalue weighted by atomic mass is 32.2. The largest absolute Gasteiger partial charge is 0.496 e.